The van der Waals surface area contributed by atoms with Gasteiger partial charge in [0.2, 0.25) is 11.9 Å². The molecular formula is C9H11N5O2. The van der Waals surface area contributed by atoms with E-state index in [0.29, 0.717) is 18.5 Å². The van der Waals surface area contributed by atoms with Gasteiger partial charge in [-0.05, 0) is 6.42 Å². The molecule has 5 N–H and O–H groups in total. The molecule has 1 aromatic rings. The number of carbonyl (C=O) groups is 2. The Labute approximate surface area is 91.2 Å². The molecule has 0 aromatic carbocycles. The van der Waals surface area contributed by atoms with Crippen molar-refractivity contribution in [1.82, 2.24) is 15.3 Å². The summed E-state index contributed by atoms with van der Waals surface area (Å²) in [7, 11) is 0. The van der Waals surface area contributed by atoms with Crippen molar-refractivity contribution in [2.75, 3.05) is 12.3 Å². The Bertz CT molecular complexity index is 459. The molecule has 2 amide bonds. The third kappa shape index (κ3) is 1.67. The highest BCUT2D eigenvalue weighted by Crippen LogP contribution is 2.25. The fourth-order valence-corrected chi connectivity index (χ4v) is 1.75. The average Bonchev–Trinajstić information content (AvgIpc) is 2.64. The highest BCUT2D eigenvalue weighted by molar-refractivity contribution is 5.95. The molecule has 7 heteroatoms. The van der Waals surface area contributed by atoms with Gasteiger partial charge in [-0.25, -0.2) is 9.97 Å². The first kappa shape index (κ1) is 10.3. The smallest absolute Gasteiger partial charge is 0.267 e. The van der Waals surface area contributed by atoms with Crippen LogP contribution in [0.2, 0.25) is 0 Å². The molecule has 1 saturated heterocycles. The van der Waals surface area contributed by atoms with Crippen LogP contribution in [0, 0.1) is 0 Å². The summed E-state index contributed by atoms with van der Waals surface area (Å²) >= 11 is 0. The minimum atomic E-state index is -0.705. The van der Waals surface area contributed by atoms with Crippen molar-refractivity contribution in [3.63, 3.8) is 0 Å². The Kier molecular flexibility index (Phi) is 2.43. The van der Waals surface area contributed by atoms with Gasteiger partial charge in [-0.2, -0.15) is 0 Å². The van der Waals surface area contributed by atoms with Gasteiger partial charge in [-0.3, -0.25) is 9.59 Å². The van der Waals surface area contributed by atoms with Gasteiger partial charge in [-0.15, -0.1) is 0 Å². The molecule has 0 radical (unpaired) electrons. The van der Waals surface area contributed by atoms with E-state index in [1.54, 1.807) is 0 Å². The number of nitrogens with one attached hydrogen (secondary N) is 1. The van der Waals surface area contributed by atoms with Crippen LogP contribution in [0.4, 0.5) is 5.95 Å². The van der Waals surface area contributed by atoms with Crippen molar-refractivity contribution in [2.24, 2.45) is 5.73 Å². The minimum absolute atomic E-state index is 0.0227. The highest BCUT2D eigenvalue weighted by Gasteiger charge is 2.30. The lowest BCUT2D eigenvalue weighted by atomic mass is 9.97. The number of carbonyl (C=O) groups excluding carboxylic acids is 2. The number of aromatic nitrogens is 2. The van der Waals surface area contributed by atoms with Gasteiger partial charge < -0.3 is 16.8 Å². The number of anilines is 1. The first-order chi connectivity index (χ1) is 7.59. The Hall–Kier alpha value is -2.18. The van der Waals surface area contributed by atoms with Gasteiger partial charge in [0.25, 0.3) is 5.91 Å². The van der Waals surface area contributed by atoms with E-state index < -0.39 is 11.8 Å². The third-order valence-electron chi connectivity index (χ3n) is 2.49. The van der Waals surface area contributed by atoms with E-state index in [4.69, 9.17) is 11.5 Å². The number of nitrogens with two attached hydrogens (primary N) is 2. The SMILES string of the molecule is NC(=O)c1nc(N)ncc1C1CCNC1=O. The maximum atomic E-state index is 11.5. The molecule has 2 heterocycles. The lowest BCUT2D eigenvalue weighted by molar-refractivity contribution is -0.120. The summed E-state index contributed by atoms with van der Waals surface area (Å²) in [5, 5.41) is 2.67. The lowest BCUT2D eigenvalue weighted by Crippen LogP contribution is -2.23. The van der Waals surface area contributed by atoms with Crippen LogP contribution in [0.15, 0.2) is 6.20 Å². The van der Waals surface area contributed by atoms with Crippen molar-refractivity contribution < 1.29 is 9.59 Å². The number of amides is 2. The zero-order valence-corrected chi connectivity index (χ0v) is 8.43. The molecule has 2 rings (SSSR count). The van der Waals surface area contributed by atoms with Crippen LogP contribution in [0.1, 0.15) is 28.4 Å². The Balaban J connectivity index is 2.47. The molecule has 1 atom stereocenters. The normalized spacial score (nSPS) is 19.5. The van der Waals surface area contributed by atoms with Crippen LogP contribution in [0.3, 0.4) is 0 Å². The van der Waals surface area contributed by atoms with Crippen molar-refractivity contribution >= 4 is 17.8 Å². The number of hydrogen-bond donors (Lipinski definition) is 3. The van der Waals surface area contributed by atoms with E-state index in [-0.39, 0.29) is 17.5 Å². The Morgan fingerprint density at radius 1 is 1.56 bits per heavy atom. The van der Waals surface area contributed by atoms with Crippen molar-refractivity contribution in [3.05, 3.63) is 17.5 Å². The second kappa shape index (κ2) is 3.76. The first-order valence-electron chi connectivity index (χ1n) is 4.79. The molecule has 1 fully saturated rings. The van der Waals surface area contributed by atoms with Crippen molar-refractivity contribution in [2.45, 2.75) is 12.3 Å². The maximum Gasteiger partial charge on any atom is 0.267 e. The van der Waals surface area contributed by atoms with Gasteiger partial charge >= 0.3 is 0 Å². The van der Waals surface area contributed by atoms with Gasteiger partial charge in [0.1, 0.15) is 5.69 Å². The summed E-state index contributed by atoms with van der Waals surface area (Å²) in [6.07, 6.45) is 1.99. The molecule has 84 valence electrons. The topological polar surface area (TPSA) is 124 Å². The predicted molar refractivity (Wildman–Crippen MR) is 55.3 cm³/mol. The molecular weight excluding hydrogens is 210 g/mol. The fourth-order valence-electron chi connectivity index (χ4n) is 1.75. The van der Waals surface area contributed by atoms with Crippen molar-refractivity contribution in [3.8, 4) is 0 Å². The van der Waals surface area contributed by atoms with E-state index in [1.165, 1.54) is 6.20 Å². The van der Waals surface area contributed by atoms with Crippen LogP contribution < -0.4 is 16.8 Å². The fraction of sp³-hybridized carbons (Fsp3) is 0.333. The molecule has 0 spiro atoms. The van der Waals surface area contributed by atoms with E-state index in [1.807, 2.05) is 0 Å². The molecule has 1 unspecified atom stereocenters. The van der Waals surface area contributed by atoms with E-state index in [2.05, 4.69) is 15.3 Å². The van der Waals surface area contributed by atoms with Crippen LogP contribution in [-0.2, 0) is 4.79 Å². The molecule has 1 aromatic heterocycles. The number of nitrogens with zero attached hydrogens (tertiary/aromatic N) is 2. The van der Waals surface area contributed by atoms with Gasteiger partial charge in [-0.1, -0.05) is 0 Å². The molecule has 1 aliphatic heterocycles. The number of rotatable bonds is 2. The molecule has 1 aliphatic rings. The van der Waals surface area contributed by atoms with Gasteiger partial charge in [0.05, 0.1) is 5.92 Å². The summed E-state index contributed by atoms with van der Waals surface area (Å²) in [5.74, 6) is -1.29. The second-order valence-electron chi connectivity index (χ2n) is 3.53. The van der Waals surface area contributed by atoms with Crippen molar-refractivity contribution in [1.29, 1.82) is 0 Å². The second-order valence-corrected chi connectivity index (χ2v) is 3.53. The first-order valence-corrected chi connectivity index (χ1v) is 4.79. The van der Waals surface area contributed by atoms with E-state index in [0.717, 1.165) is 0 Å². The van der Waals surface area contributed by atoms with Crippen LogP contribution in [0.25, 0.3) is 0 Å². The predicted octanol–water partition coefficient (Wildman–Crippen LogP) is -1.24. The summed E-state index contributed by atoms with van der Waals surface area (Å²) in [4.78, 5) is 30.2. The van der Waals surface area contributed by atoms with Crippen LogP contribution >= 0.6 is 0 Å². The Morgan fingerprint density at radius 3 is 2.88 bits per heavy atom. The average molecular weight is 221 g/mol. The molecule has 16 heavy (non-hydrogen) atoms. The number of nitrogen functional groups attached to an aromatic ring is 1. The lowest BCUT2D eigenvalue weighted by Gasteiger charge is -2.10. The summed E-state index contributed by atoms with van der Waals surface area (Å²) in [5.41, 5.74) is 11.0. The quantitative estimate of drug-likeness (QED) is 0.576. The largest absolute Gasteiger partial charge is 0.368 e. The summed E-state index contributed by atoms with van der Waals surface area (Å²) < 4.78 is 0. The zero-order chi connectivity index (χ0) is 11.7. The van der Waals surface area contributed by atoms with E-state index in [9.17, 15) is 9.59 Å². The van der Waals surface area contributed by atoms with Crippen LogP contribution in [-0.4, -0.2) is 28.3 Å². The number of hydrogen-bond acceptors (Lipinski definition) is 5. The minimum Gasteiger partial charge on any atom is -0.368 e. The molecule has 0 bridgehead atoms. The molecule has 0 saturated carbocycles. The van der Waals surface area contributed by atoms with Crippen LogP contribution in [0.5, 0.6) is 0 Å². The Morgan fingerprint density at radius 2 is 2.31 bits per heavy atom. The molecule has 7 nitrogen and oxygen atoms in total. The summed E-state index contributed by atoms with van der Waals surface area (Å²) in [6, 6.07) is 0. The number of primary amides is 1. The summed E-state index contributed by atoms with van der Waals surface area (Å²) in [6.45, 7) is 0.575. The van der Waals surface area contributed by atoms with Gasteiger partial charge in [0.15, 0.2) is 0 Å². The zero-order valence-electron chi connectivity index (χ0n) is 8.43. The van der Waals surface area contributed by atoms with Gasteiger partial charge in [0, 0.05) is 18.3 Å². The maximum absolute atomic E-state index is 11.5. The van der Waals surface area contributed by atoms with E-state index >= 15 is 0 Å². The molecule has 0 aliphatic carbocycles. The third-order valence-corrected chi connectivity index (χ3v) is 2.49. The monoisotopic (exact) mass is 221 g/mol. The highest BCUT2D eigenvalue weighted by atomic mass is 16.2. The standard InChI is InChI=1S/C9H11N5O2/c10-7(15)6-5(3-13-9(11)14-6)4-1-2-12-8(4)16/h3-4H,1-2H2,(H2,10,15)(H,12,16)(H2,11,13,14).